The smallest absolute Gasteiger partial charge is 0.0862 e. The number of morpholine rings is 1. The first-order valence-electron chi connectivity index (χ1n) is 6.63. The highest BCUT2D eigenvalue weighted by molar-refractivity contribution is 5.02. The minimum Gasteiger partial charge on any atom is -0.371 e. The van der Waals surface area contributed by atoms with Gasteiger partial charge < -0.3 is 10.1 Å². The molecule has 90 valence electrons. The lowest BCUT2D eigenvalue weighted by Crippen LogP contribution is -2.51. The van der Waals surface area contributed by atoms with E-state index in [1.54, 1.807) is 0 Å². The highest BCUT2D eigenvalue weighted by Gasteiger charge is 2.47. The molecule has 0 aromatic rings. The molecular weight excluding hydrogens is 202 g/mol. The molecule has 4 fully saturated rings. The number of piperazine rings is 1. The van der Waals surface area contributed by atoms with Crippen molar-refractivity contribution in [1.82, 2.24) is 15.1 Å². The van der Waals surface area contributed by atoms with Gasteiger partial charge >= 0.3 is 0 Å². The Labute approximate surface area is 96.9 Å². The molecule has 1 N–H and O–H groups in total. The lowest BCUT2D eigenvalue weighted by Gasteiger charge is -2.35. The summed E-state index contributed by atoms with van der Waals surface area (Å²) >= 11 is 0. The average Bonchev–Trinajstić information content (AvgIpc) is 2.95. The zero-order chi connectivity index (χ0) is 10.7. The molecule has 4 nitrogen and oxygen atoms in total. The van der Waals surface area contributed by atoms with E-state index in [1.165, 1.54) is 25.9 Å². The molecule has 4 heteroatoms. The van der Waals surface area contributed by atoms with Crippen molar-refractivity contribution in [3.05, 3.63) is 0 Å². The maximum atomic E-state index is 6.10. The molecule has 4 aliphatic rings. The Hall–Kier alpha value is -0.160. The van der Waals surface area contributed by atoms with Crippen molar-refractivity contribution in [3.63, 3.8) is 0 Å². The molecule has 0 aliphatic carbocycles. The Balaban J connectivity index is 1.41. The fourth-order valence-corrected chi connectivity index (χ4v) is 4.12. The Morgan fingerprint density at radius 3 is 2.88 bits per heavy atom. The van der Waals surface area contributed by atoms with Crippen LogP contribution in [0.25, 0.3) is 0 Å². The number of hydrogen-bond donors (Lipinski definition) is 1. The van der Waals surface area contributed by atoms with Crippen LogP contribution in [0.4, 0.5) is 0 Å². The van der Waals surface area contributed by atoms with Crippen LogP contribution >= 0.6 is 0 Å². The van der Waals surface area contributed by atoms with Crippen molar-refractivity contribution < 1.29 is 4.74 Å². The molecule has 0 aromatic carbocycles. The maximum Gasteiger partial charge on any atom is 0.0862 e. The van der Waals surface area contributed by atoms with Gasteiger partial charge in [0.1, 0.15) is 0 Å². The zero-order valence-electron chi connectivity index (χ0n) is 9.93. The summed E-state index contributed by atoms with van der Waals surface area (Å²) in [6.07, 6.45) is 3.62. The number of likely N-dealkylation sites (N-methyl/N-ethyl adjacent to an activating group) is 1. The van der Waals surface area contributed by atoms with Crippen LogP contribution in [0.1, 0.15) is 12.8 Å². The molecule has 4 saturated heterocycles. The fraction of sp³-hybridized carbons (Fsp3) is 1.00. The topological polar surface area (TPSA) is 27.7 Å². The molecule has 0 aromatic heterocycles. The van der Waals surface area contributed by atoms with Crippen LogP contribution in [0.2, 0.25) is 0 Å². The van der Waals surface area contributed by atoms with E-state index < -0.39 is 0 Å². The summed E-state index contributed by atoms with van der Waals surface area (Å²) in [4.78, 5) is 5.14. The van der Waals surface area contributed by atoms with Crippen LogP contribution < -0.4 is 5.32 Å². The monoisotopic (exact) mass is 223 g/mol. The molecule has 0 radical (unpaired) electrons. The number of fused-ring (bicyclic) bond motifs is 4. The highest BCUT2D eigenvalue weighted by atomic mass is 16.5. The lowest BCUT2D eigenvalue weighted by molar-refractivity contribution is -0.0434. The van der Waals surface area contributed by atoms with Gasteiger partial charge in [0.25, 0.3) is 0 Å². The van der Waals surface area contributed by atoms with Crippen LogP contribution in [0.5, 0.6) is 0 Å². The minimum absolute atomic E-state index is 0.475. The molecule has 4 rings (SSSR count). The molecule has 0 amide bonds. The Bertz CT molecular complexity index is 298. The number of ether oxygens (including phenoxy) is 1. The van der Waals surface area contributed by atoms with Gasteiger partial charge in [0, 0.05) is 44.3 Å². The Morgan fingerprint density at radius 2 is 2.25 bits per heavy atom. The normalized spacial score (nSPS) is 51.9. The summed E-state index contributed by atoms with van der Waals surface area (Å²) < 4.78 is 6.10. The van der Waals surface area contributed by atoms with Crippen molar-refractivity contribution in [1.29, 1.82) is 0 Å². The van der Waals surface area contributed by atoms with Gasteiger partial charge in [-0.2, -0.15) is 0 Å². The third-order valence-electron chi connectivity index (χ3n) is 4.94. The summed E-state index contributed by atoms with van der Waals surface area (Å²) in [5.41, 5.74) is 0. The minimum atomic E-state index is 0.475. The van der Waals surface area contributed by atoms with E-state index in [4.69, 9.17) is 4.74 Å². The SMILES string of the molecule is CN1CC2CC1C(CN1CC3CC1CN3)O2. The second kappa shape index (κ2) is 3.42. The van der Waals surface area contributed by atoms with E-state index in [-0.39, 0.29) is 0 Å². The second-order valence-corrected chi connectivity index (χ2v) is 5.99. The number of nitrogens with one attached hydrogen (secondary N) is 1. The Kier molecular flexibility index (Phi) is 2.10. The predicted octanol–water partition coefficient (Wildman–Crippen LogP) is -0.496. The van der Waals surface area contributed by atoms with Crippen LogP contribution in [-0.2, 0) is 4.74 Å². The van der Waals surface area contributed by atoms with Gasteiger partial charge in [0.2, 0.25) is 0 Å². The van der Waals surface area contributed by atoms with Crippen molar-refractivity contribution in [2.45, 2.75) is 43.2 Å². The first kappa shape index (κ1) is 9.83. The van der Waals surface area contributed by atoms with Gasteiger partial charge in [-0.05, 0) is 19.9 Å². The number of likely N-dealkylation sites (tertiary alicyclic amines) is 2. The zero-order valence-corrected chi connectivity index (χ0v) is 9.93. The summed E-state index contributed by atoms with van der Waals surface area (Å²) in [6.45, 7) is 4.75. The third kappa shape index (κ3) is 1.37. The van der Waals surface area contributed by atoms with Gasteiger partial charge in [-0.3, -0.25) is 9.80 Å². The average molecular weight is 223 g/mol. The highest BCUT2D eigenvalue weighted by Crippen LogP contribution is 2.34. The molecular formula is C12H21N3O. The third-order valence-corrected chi connectivity index (χ3v) is 4.94. The molecule has 16 heavy (non-hydrogen) atoms. The first-order chi connectivity index (χ1) is 7.79. The molecule has 5 unspecified atom stereocenters. The fourth-order valence-electron chi connectivity index (χ4n) is 4.12. The van der Waals surface area contributed by atoms with E-state index in [0.717, 1.165) is 25.2 Å². The summed E-state index contributed by atoms with van der Waals surface area (Å²) in [6, 6.07) is 2.25. The summed E-state index contributed by atoms with van der Waals surface area (Å²) in [5.74, 6) is 0. The standard InChI is InChI=1S/C12H21N3O/c1-14-6-10-3-11(14)12(16-10)7-15-5-8-2-9(15)4-13-8/h8-13H,2-7H2,1H3. The van der Waals surface area contributed by atoms with Crippen LogP contribution in [0.15, 0.2) is 0 Å². The molecule has 5 atom stereocenters. The molecule has 4 heterocycles. The first-order valence-corrected chi connectivity index (χ1v) is 6.63. The van der Waals surface area contributed by atoms with Gasteiger partial charge in [0.15, 0.2) is 0 Å². The molecule has 0 saturated carbocycles. The van der Waals surface area contributed by atoms with Crippen LogP contribution in [0.3, 0.4) is 0 Å². The Morgan fingerprint density at radius 1 is 1.31 bits per heavy atom. The van der Waals surface area contributed by atoms with Gasteiger partial charge in [-0.1, -0.05) is 0 Å². The predicted molar refractivity (Wildman–Crippen MR) is 61.5 cm³/mol. The van der Waals surface area contributed by atoms with Crippen LogP contribution in [-0.4, -0.2) is 73.4 Å². The largest absolute Gasteiger partial charge is 0.371 e. The van der Waals surface area contributed by atoms with E-state index in [9.17, 15) is 0 Å². The van der Waals surface area contributed by atoms with E-state index in [2.05, 4.69) is 22.2 Å². The van der Waals surface area contributed by atoms with Crippen molar-refractivity contribution in [3.8, 4) is 0 Å². The van der Waals surface area contributed by atoms with Crippen molar-refractivity contribution in [2.24, 2.45) is 0 Å². The summed E-state index contributed by atoms with van der Waals surface area (Å²) in [7, 11) is 2.25. The summed E-state index contributed by atoms with van der Waals surface area (Å²) in [5, 5.41) is 3.56. The van der Waals surface area contributed by atoms with Crippen molar-refractivity contribution >= 4 is 0 Å². The number of hydrogen-bond acceptors (Lipinski definition) is 4. The molecule has 4 aliphatic heterocycles. The lowest BCUT2D eigenvalue weighted by atomic mass is 10.1. The second-order valence-electron chi connectivity index (χ2n) is 5.99. The quantitative estimate of drug-likeness (QED) is 0.683. The van der Waals surface area contributed by atoms with Gasteiger partial charge in [-0.25, -0.2) is 0 Å². The van der Waals surface area contributed by atoms with E-state index >= 15 is 0 Å². The molecule has 4 bridgehead atoms. The van der Waals surface area contributed by atoms with Crippen LogP contribution in [0, 0.1) is 0 Å². The van der Waals surface area contributed by atoms with Crippen molar-refractivity contribution in [2.75, 3.05) is 33.2 Å². The number of rotatable bonds is 2. The molecule has 0 spiro atoms. The van der Waals surface area contributed by atoms with Gasteiger partial charge in [-0.15, -0.1) is 0 Å². The maximum absolute atomic E-state index is 6.10. The van der Waals surface area contributed by atoms with E-state index in [0.29, 0.717) is 18.2 Å². The number of nitrogens with zero attached hydrogens (tertiary/aromatic N) is 2. The van der Waals surface area contributed by atoms with E-state index in [1.807, 2.05) is 0 Å². The van der Waals surface area contributed by atoms with Gasteiger partial charge in [0.05, 0.1) is 12.2 Å².